The fraction of sp³-hybridized carbons (Fsp3) is 0.435. The number of benzene rings is 2. The average molecular weight is 440 g/mol. The molecule has 1 aliphatic heterocycles. The van der Waals surface area contributed by atoms with Crippen molar-refractivity contribution < 1.29 is 22.7 Å². The molecule has 0 bridgehead atoms. The molecule has 0 radical (unpaired) electrons. The van der Waals surface area contributed by atoms with E-state index in [1.165, 1.54) is 12.1 Å². The minimum Gasteiger partial charge on any atom is -0.493 e. The van der Waals surface area contributed by atoms with Crippen molar-refractivity contribution in [2.75, 3.05) is 19.7 Å². The van der Waals surface area contributed by atoms with Gasteiger partial charge in [-0.05, 0) is 61.3 Å². The molecule has 3 nitrogen and oxygen atoms in total. The molecule has 0 amide bonds. The molecular formula is C23H25ClF3NO2. The van der Waals surface area contributed by atoms with Gasteiger partial charge in [0.1, 0.15) is 12.0 Å². The minimum absolute atomic E-state index is 0.0476. The molecule has 1 saturated heterocycles. The molecule has 0 aromatic heterocycles. The molecule has 1 aliphatic rings. The van der Waals surface area contributed by atoms with Crippen LogP contribution >= 0.6 is 11.6 Å². The van der Waals surface area contributed by atoms with Crippen LogP contribution in [0.5, 0.6) is 5.75 Å². The van der Waals surface area contributed by atoms with Crippen LogP contribution in [0.3, 0.4) is 0 Å². The molecular weight excluding hydrogens is 415 g/mol. The monoisotopic (exact) mass is 439 g/mol. The first-order valence-corrected chi connectivity index (χ1v) is 10.4. The maximum Gasteiger partial charge on any atom is 0.416 e. The number of alkyl halides is 3. The van der Waals surface area contributed by atoms with Crippen molar-refractivity contribution in [1.82, 2.24) is 4.90 Å². The third-order valence-corrected chi connectivity index (χ3v) is 5.79. The SMILES string of the molecule is CC(C=O)C(c1ccc(Cl)cc1)N1CCCC(COc2ccc(C(F)(F)F)cc2)C1. The highest BCUT2D eigenvalue weighted by molar-refractivity contribution is 6.30. The van der Waals surface area contributed by atoms with Gasteiger partial charge in [-0.15, -0.1) is 0 Å². The third-order valence-electron chi connectivity index (χ3n) is 5.54. The van der Waals surface area contributed by atoms with E-state index in [1.54, 1.807) is 0 Å². The van der Waals surface area contributed by atoms with Crippen LogP contribution in [0, 0.1) is 11.8 Å². The summed E-state index contributed by atoms with van der Waals surface area (Å²) in [5.74, 6) is 0.478. The van der Waals surface area contributed by atoms with Crippen LogP contribution < -0.4 is 4.74 Å². The number of piperidine rings is 1. The van der Waals surface area contributed by atoms with Gasteiger partial charge >= 0.3 is 6.18 Å². The molecule has 0 saturated carbocycles. The highest BCUT2D eigenvalue weighted by Crippen LogP contribution is 2.33. The van der Waals surface area contributed by atoms with Gasteiger partial charge in [-0.25, -0.2) is 0 Å². The van der Waals surface area contributed by atoms with E-state index in [1.807, 2.05) is 31.2 Å². The van der Waals surface area contributed by atoms with Crippen LogP contribution in [-0.4, -0.2) is 30.9 Å². The van der Waals surface area contributed by atoms with Crippen molar-refractivity contribution in [1.29, 1.82) is 0 Å². The van der Waals surface area contributed by atoms with E-state index < -0.39 is 11.7 Å². The number of carbonyl (C=O) groups is 1. The smallest absolute Gasteiger partial charge is 0.416 e. The molecule has 3 atom stereocenters. The van der Waals surface area contributed by atoms with Gasteiger partial charge in [-0.3, -0.25) is 4.90 Å². The van der Waals surface area contributed by atoms with Gasteiger partial charge in [-0.2, -0.15) is 13.2 Å². The van der Waals surface area contributed by atoms with Gasteiger partial charge in [0, 0.05) is 29.4 Å². The molecule has 1 fully saturated rings. The van der Waals surface area contributed by atoms with E-state index in [-0.39, 0.29) is 17.9 Å². The normalized spacial score (nSPS) is 19.8. The predicted molar refractivity (Wildman–Crippen MR) is 111 cm³/mol. The Kier molecular flexibility index (Phi) is 7.42. The van der Waals surface area contributed by atoms with Crippen molar-refractivity contribution in [3.63, 3.8) is 0 Å². The van der Waals surface area contributed by atoms with E-state index in [9.17, 15) is 18.0 Å². The van der Waals surface area contributed by atoms with E-state index in [0.717, 1.165) is 49.9 Å². The summed E-state index contributed by atoms with van der Waals surface area (Å²) in [5, 5.41) is 0.651. The Hall–Kier alpha value is -2.05. The lowest BCUT2D eigenvalue weighted by atomic mass is 9.89. The molecule has 30 heavy (non-hydrogen) atoms. The summed E-state index contributed by atoms with van der Waals surface area (Å²) in [6.45, 7) is 3.97. The molecule has 3 rings (SSSR count). The summed E-state index contributed by atoms with van der Waals surface area (Å²) in [6.07, 6.45) is -1.44. The van der Waals surface area contributed by atoms with Crippen LogP contribution in [0.25, 0.3) is 0 Å². The Balaban J connectivity index is 1.64. The third kappa shape index (κ3) is 5.76. The summed E-state index contributed by atoms with van der Waals surface area (Å²) in [5.41, 5.74) is 0.357. The predicted octanol–water partition coefficient (Wildman–Crippen LogP) is 6.03. The number of aldehydes is 1. The Bertz CT molecular complexity index is 824. The van der Waals surface area contributed by atoms with Gasteiger partial charge in [0.15, 0.2) is 0 Å². The molecule has 0 N–H and O–H groups in total. The number of rotatable bonds is 7. The summed E-state index contributed by atoms with van der Waals surface area (Å²) in [6, 6.07) is 12.3. The maximum absolute atomic E-state index is 12.7. The van der Waals surface area contributed by atoms with Crippen molar-refractivity contribution >= 4 is 17.9 Å². The summed E-state index contributed by atoms with van der Waals surface area (Å²) in [4.78, 5) is 13.9. The second-order valence-electron chi connectivity index (χ2n) is 7.83. The molecule has 3 unspecified atom stereocenters. The number of likely N-dealkylation sites (tertiary alicyclic amines) is 1. The van der Waals surface area contributed by atoms with Crippen molar-refractivity contribution in [3.05, 3.63) is 64.7 Å². The highest BCUT2D eigenvalue weighted by atomic mass is 35.5. The second-order valence-corrected chi connectivity index (χ2v) is 8.26. The number of carbonyl (C=O) groups excluding carboxylic acids is 1. The van der Waals surface area contributed by atoms with E-state index in [2.05, 4.69) is 4.90 Å². The average Bonchev–Trinajstić information content (AvgIpc) is 2.73. The fourth-order valence-corrected chi connectivity index (χ4v) is 4.15. The number of hydrogen-bond donors (Lipinski definition) is 0. The zero-order valence-corrected chi connectivity index (χ0v) is 17.5. The van der Waals surface area contributed by atoms with Gasteiger partial charge in [-0.1, -0.05) is 30.7 Å². The number of ether oxygens (including phenoxy) is 1. The summed E-state index contributed by atoms with van der Waals surface area (Å²) >= 11 is 6.01. The Morgan fingerprint density at radius 3 is 2.43 bits per heavy atom. The van der Waals surface area contributed by atoms with Crippen LogP contribution in [0.4, 0.5) is 13.2 Å². The molecule has 7 heteroatoms. The summed E-state index contributed by atoms with van der Waals surface area (Å²) in [7, 11) is 0. The Morgan fingerprint density at radius 1 is 1.17 bits per heavy atom. The van der Waals surface area contributed by atoms with Crippen molar-refractivity contribution in [3.8, 4) is 5.75 Å². The van der Waals surface area contributed by atoms with E-state index in [0.29, 0.717) is 17.4 Å². The lowest BCUT2D eigenvalue weighted by molar-refractivity contribution is -0.137. The molecule has 162 valence electrons. The first kappa shape index (κ1) is 22.6. The van der Waals surface area contributed by atoms with Crippen LogP contribution in [-0.2, 0) is 11.0 Å². The zero-order chi connectivity index (χ0) is 21.7. The van der Waals surface area contributed by atoms with E-state index >= 15 is 0 Å². The second kappa shape index (κ2) is 9.84. The quantitative estimate of drug-likeness (QED) is 0.493. The zero-order valence-electron chi connectivity index (χ0n) is 16.7. The Morgan fingerprint density at radius 2 is 1.83 bits per heavy atom. The van der Waals surface area contributed by atoms with Gasteiger partial charge in [0.2, 0.25) is 0 Å². The minimum atomic E-state index is -4.35. The maximum atomic E-state index is 12.7. The lowest BCUT2D eigenvalue weighted by Gasteiger charge is -2.40. The molecule has 0 spiro atoms. The summed E-state index contributed by atoms with van der Waals surface area (Å²) < 4.78 is 43.8. The van der Waals surface area contributed by atoms with E-state index in [4.69, 9.17) is 16.3 Å². The highest BCUT2D eigenvalue weighted by Gasteiger charge is 2.31. The molecule has 1 heterocycles. The lowest BCUT2D eigenvalue weighted by Crippen LogP contribution is -2.42. The van der Waals surface area contributed by atoms with Gasteiger partial charge in [0.25, 0.3) is 0 Å². The van der Waals surface area contributed by atoms with Crippen LogP contribution in [0.2, 0.25) is 5.02 Å². The van der Waals surface area contributed by atoms with Gasteiger partial charge < -0.3 is 9.53 Å². The van der Waals surface area contributed by atoms with Crippen molar-refractivity contribution in [2.24, 2.45) is 11.8 Å². The first-order chi connectivity index (χ1) is 14.3. The van der Waals surface area contributed by atoms with Crippen LogP contribution in [0.15, 0.2) is 48.5 Å². The largest absolute Gasteiger partial charge is 0.493 e. The molecule has 0 aliphatic carbocycles. The van der Waals surface area contributed by atoms with Gasteiger partial charge in [0.05, 0.1) is 12.2 Å². The standard InChI is InChI=1S/C23H25ClF3NO2/c1-16(14-29)22(18-4-8-20(24)9-5-18)28-12-2-3-17(13-28)15-30-21-10-6-19(7-11-21)23(25,26)27/h4-11,14,16-17,22H,2-3,12-13,15H2,1H3. The molecule has 2 aromatic carbocycles. The number of nitrogens with zero attached hydrogens (tertiary/aromatic N) is 1. The number of hydrogen-bond acceptors (Lipinski definition) is 3. The van der Waals surface area contributed by atoms with Crippen molar-refractivity contribution in [2.45, 2.75) is 32.0 Å². The fourth-order valence-electron chi connectivity index (χ4n) is 4.02. The Labute approximate surface area is 179 Å². The first-order valence-electron chi connectivity index (χ1n) is 10.0. The topological polar surface area (TPSA) is 29.5 Å². The molecule has 2 aromatic rings. The van der Waals surface area contributed by atoms with Crippen LogP contribution in [0.1, 0.15) is 36.9 Å². The number of halogens is 4.